The van der Waals surface area contributed by atoms with Crippen molar-refractivity contribution in [3.05, 3.63) is 62.3 Å². The number of imide groups is 1. The van der Waals surface area contributed by atoms with E-state index in [0.717, 1.165) is 21.6 Å². The minimum Gasteiger partial charge on any atom is -0.504 e. The van der Waals surface area contributed by atoms with E-state index in [4.69, 9.17) is 4.74 Å². The molecule has 4 atom stereocenters. The van der Waals surface area contributed by atoms with Crippen molar-refractivity contribution in [2.75, 3.05) is 18.6 Å². The molecule has 0 spiro atoms. The Morgan fingerprint density at radius 1 is 1.23 bits per heavy atom. The molecule has 0 unspecified atom stereocenters. The van der Waals surface area contributed by atoms with Crippen LogP contribution in [-0.2, 0) is 9.59 Å². The molecule has 2 aliphatic rings. The van der Waals surface area contributed by atoms with Crippen molar-refractivity contribution >= 4 is 58.7 Å². The molecule has 0 bridgehead atoms. The first-order valence-corrected chi connectivity index (χ1v) is 14.1. The van der Waals surface area contributed by atoms with E-state index in [0.29, 0.717) is 27.7 Å². The number of carbonyl (C=O) groups excluding carboxylic acids is 2. The number of fused-ring (bicyclic) bond motifs is 1. The first-order chi connectivity index (χ1) is 19.0. The topological polar surface area (TPSA) is 148 Å². The van der Waals surface area contributed by atoms with Crippen molar-refractivity contribution in [3.63, 3.8) is 0 Å². The van der Waals surface area contributed by atoms with Crippen molar-refractivity contribution in [1.29, 1.82) is 0 Å². The number of carbonyl (C=O) groups is 2. The van der Waals surface area contributed by atoms with Gasteiger partial charge >= 0.3 is 7.12 Å². The molecule has 2 aromatic rings. The van der Waals surface area contributed by atoms with Gasteiger partial charge in [0.2, 0.25) is 11.8 Å². The van der Waals surface area contributed by atoms with E-state index < -0.39 is 49.4 Å². The summed E-state index contributed by atoms with van der Waals surface area (Å²) in [7, 11) is -0.258. The number of halogens is 1. The van der Waals surface area contributed by atoms with Crippen molar-refractivity contribution < 1.29 is 39.7 Å². The number of benzene rings is 2. The third kappa shape index (κ3) is 5.84. The van der Waals surface area contributed by atoms with Gasteiger partial charge in [0.1, 0.15) is 0 Å². The number of aromatic hydroxyl groups is 1. The average molecular weight is 661 g/mol. The molecule has 1 aliphatic carbocycles. The molecule has 1 fully saturated rings. The van der Waals surface area contributed by atoms with Crippen LogP contribution >= 0.6 is 22.6 Å². The first-order valence-electron chi connectivity index (χ1n) is 13.0. The molecule has 0 radical (unpaired) electrons. The van der Waals surface area contributed by atoms with Gasteiger partial charge in [-0.1, -0.05) is 29.4 Å². The highest BCUT2D eigenvalue weighted by Gasteiger charge is 2.54. The summed E-state index contributed by atoms with van der Waals surface area (Å²) < 4.78 is 5.89. The highest BCUT2D eigenvalue weighted by atomic mass is 127. The second kappa shape index (κ2) is 12.4. The summed E-state index contributed by atoms with van der Waals surface area (Å²) >= 11 is 2.03. The van der Waals surface area contributed by atoms with Crippen LogP contribution in [0.5, 0.6) is 11.5 Å². The molecule has 5 N–H and O–H groups in total. The van der Waals surface area contributed by atoms with Crippen molar-refractivity contribution in [1.82, 2.24) is 0 Å². The summed E-state index contributed by atoms with van der Waals surface area (Å²) in [4.78, 5) is 28.0. The van der Waals surface area contributed by atoms with E-state index in [9.17, 15) is 35.0 Å². The number of allylic oxidation sites excluding steroid dienone is 2. The zero-order valence-corrected chi connectivity index (χ0v) is 24.7. The molecule has 11 heteroatoms. The fourth-order valence-electron chi connectivity index (χ4n) is 5.91. The van der Waals surface area contributed by atoms with Gasteiger partial charge in [-0.25, -0.2) is 0 Å². The molecule has 1 aliphatic heterocycles. The number of amides is 2. The Labute approximate surface area is 247 Å². The number of hydrogen-bond donors (Lipinski definition) is 5. The Balaban J connectivity index is 1.53. The van der Waals surface area contributed by atoms with Gasteiger partial charge in [0, 0.05) is 5.92 Å². The SMILES string of the molecule is COc1cc(/C=C(\C)CC[C@@H](O)C2=C(C)C[C@H]3C(=O)N(c4cccc(B(O)O)c4)C(=O)[C@H]3[C@H]2CO)cc(I)c1O. The van der Waals surface area contributed by atoms with Crippen molar-refractivity contribution in [3.8, 4) is 11.5 Å². The molecular formula is C29H33BINO8. The Morgan fingerprint density at radius 2 is 1.95 bits per heavy atom. The number of ether oxygens (including phenoxy) is 1. The van der Waals surface area contributed by atoms with Crippen molar-refractivity contribution in [2.24, 2.45) is 17.8 Å². The maximum atomic E-state index is 13.6. The van der Waals surface area contributed by atoms with Crippen LogP contribution in [-0.4, -0.2) is 64.1 Å². The van der Waals surface area contributed by atoms with E-state index in [1.807, 2.05) is 48.6 Å². The van der Waals surface area contributed by atoms with E-state index in [1.165, 1.54) is 19.2 Å². The van der Waals surface area contributed by atoms with Gasteiger partial charge in [0.25, 0.3) is 0 Å². The normalized spacial score (nSPS) is 22.1. The Bertz CT molecular complexity index is 1370. The quantitative estimate of drug-likeness (QED) is 0.119. The summed E-state index contributed by atoms with van der Waals surface area (Å²) in [6.45, 7) is 3.37. The summed E-state index contributed by atoms with van der Waals surface area (Å²) in [5, 5.41) is 50.8. The number of aliphatic hydroxyl groups excluding tert-OH is 2. The second-order valence-corrected chi connectivity index (χ2v) is 11.6. The molecule has 2 aromatic carbocycles. The minimum atomic E-state index is -1.75. The fourth-order valence-corrected chi connectivity index (χ4v) is 6.53. The van der Waals surface area contributed by atoms with Crippen LogP contribution in [0.15, 0.2) is 53.1 Å². The van der Waals surface area contributed by atoms with Gasteiger partial charge in [-0.3, -0.25) is 14.5 Å². The maximum Gasteiger partial charge on any atom is 0.488 e. The minimum absolute atomic E-state index is 0.0820. The Kier molecular flexibility index (Phi) is 9.41. The number of phenols is 1. The van der Waals surface area contributed by atoms with Gasteiger partial charge in [0.05, 0.1) is 40.9 Å². The lowest BCUT2D eigenvalue weighted by atomic mass is 9.68. The molecule has 40 heavy (non-hydrogen) atoms. The van der Waals surface area contributed by atoms with Gasteiger partial charge < -0.3 is 30.1 Å². The zero-order valence-electron chi connectivity index (χ0n) is 22.5. The number of rotatable bonds is 9. The maximum absolute atomic E-state index is 13.6. The molecule has 2 amide bonds. The third-order valence-electron chi connectivity index (χ3n) is 7.81. The predicted octanol–water partition coefficient (Wildman–Crippen LogP) is 2.36. The van der Waals surface area contributed by atoms with Gasteiger partial charge in [0.15, 0.2) is 11.5 Å². The largest absolute Gasteiger partial charge is 0.504 e. The fraction of sp³-hybridized carbons (Fsp3) is 0.379. The zero-order chi connectivity index (χ0) is 29.3. The Morgan fingerprint density at radius 3 is 2.60 bits per heavy atom. The summed E-state index contributed by atoms with van der Waals surface area (Å²) in [5.74, 6) is -2.62. The molecular weight excluding hydrogens is 628 g/mol. The molecule has 0 aromatic heterocycles. The van der Waals surface area contributed by atoms with E-state index in [2.05, 4.69) is 0 Å². The first kappa shape index (κ1) is 30.3. The van der Waals surface area contributed by atoms with Crippen LogP contribution in [0.3, 0.4) is 0 Å². The van der Waals surface area contributed by atoms with Crippen LogP contribution in [0.2, 0.25) is 0 Å². The molecule has 0 saturated carbocycles. The molecule has 1 saturated heterocycles. The standard InChI is InChI=1S/C29H33BINO8/c1-15(9-17-11-22(31)27(35)24(12-17)40-3)7-8-23(34)25-16(2)10-20-26(21(25)14-33)29(37)32(28(20)36)19-6-4-5-18(13-19)30(38)39/h4-6,9,11-13,20-21,23,26,33-35,38-39H,7-8,10,14H2,1-3H3/b15-9+/t20-,21+,23-,26-/m1/s1. The lowest BCUT2D eigenvalue weighted by molar-refractivity contribution is -0.123. The van der Waals surface area contributed by atoms with E-state index >= 15 is 0 Å². The number of aliphatic hydroxyl groups is 2. The third-order valence-corrected chi connectivity index (χ3v) is 8.63. The van der Waals surface area contributed by atoms with Gasteiger partial charge in [-0.05, 0) is 96.6 Å². The monoisotopic (exact) mass is 661 g/mol. The molecule has 4 rings (SSSR count). The van der Waals surface area contributed by atoms with E-state index in [-0.39, 0.29) is 23.3 Å². The number of nitrogens with zero attached hydrogens (tertiary/aromatic N) is 1. The molecule has 1 heterocycles. The van der Waals surface area contributed by atoms with Crippen LogP contribution in [0, 0.1) is 21.3 Å². The molecule has 9 nitrogen and oxygen atoms in total. The van der Waals surface area contributed by atoms with Gasteiger partial charge in [-0.2, -0.15) is 0 Å². The highest BCUT2D eigenvalue weighted by molar-refractivity contribution is 14.1. The lowest BCUT2D eigenvalue weighted by Gasteiger charge is -2.35. The Hall–Kier alpha value is -2.71. The number of anilines is 1. The van der Waals surface area contributed by atoms with Gasteiger partial charge in [-0.15, -0.1) is 0 Å². The van der Waals surface area contributed by atoms with Crippen LogP contribution < -0.4 is 15.1 Å². The smallest absolute Gasteiger partial charge is 0.488 e. The van der Waals surface area contributed by atoms with Crippen molar-refractivity contribution in [2.45, 2.75) is 39.2 Å². The number of phenolic OH excluding ortho intramolecular Hbond substituents is 1. The number of hydrogen-bond acceptors (Lipinski definition) is 8. The van der Waals surface area contributed by atoms with Crippen LogP contribution in [0.4, 0.5) is 5.69 Å². The molecule has 212 valence electrons. The lowest BCUT2D eigenvalue weighted by Crippen LogP contribution is -2.39. The highest BCUT2D eigenvalue weighted by Crippen LogP contribution is 2.47. The predicted molar refractivity (Wildman–Crippen MR) is 160 cm³/mol. The van der Waals surface area contributed by atoms with Crippen LogP contribution in [0.25, 0.3) is 6.08 Å². The van der Waals surface area contributed by atoms with E-state index in [1.54, 1.807) is 18.2 Å². The average Bonchev–Trinajstić information content (AvgIpc) is 3.17. The van der Waals surface area contributed by atoms with Crippen LogP contribution in [0.1, 0.15) is 38.7 Å². The summed E-state index contributed by atoms with van der Waals surface area (Å²) in [6.07, 6.45) is 2.22. The summed E-state index contributed by atoms with van der Waals surface area (Å²) in [6, 6.07) is 9.54. The number of methoxy groups -OCH3 is 1. The summed E-state index contributed by atoms with van der Waals surface area (Å²) in [5.41, 5.74) is 3.62. The second-order valence-electron chi connectivity index (χ2n) is 10.4.